The lowest BCUT2D eigenvalue weighted by Gasteiger charge is -2.06. The Morgan fingerprint density at radius 2 is 2.08 bits per heavy atom. The fourth-order valence-corrected chi connectivity index (χ4v) is 3.26. The maximum Gasteiger partial charge on any atom is 0.341 e. The highest BCUT2D eigenvalue weighted by molar-refractivity contribution is 7.13. The summed E-state index contributed by atoms with van der Waals surface area (Å²) in [5, 5.41) is 3.10. The van der Waals surface area contributed by atoms with Gasteiger partial charge in [-0.3, -0.25) is 0 Å². The molecular formula is C18H13ClFNO3S. The van der Waals surface area contributed by atoms with Crippen LogP contribution in [-0.2, 0) is 11.3 Å². The van der Waals surface area contributed by atoms with Crippen molar-refractivity contribution in [1.82, 2.24) is 4.98 Å². The van der Waals surface area contributed by atoms with E-state index in [-0.39, 0.29) is 12.2 Å². The minimum atomic E-state index is -0.757. The van der Waals surface area contributed by atoms with Crippen LogP contribution in [0.15, 0.2) is 47.8 Å². The zero-order valence-corrected chi connectivity index (χ0v) is 14.7. The van der Waals surface area contributed by atoms with Crippen molar-refractivity contribution in [2.45, 2.75) is 6.61 Å². The Kier molecular flexibility index (Phi) is 5.31. The molecule has 0 radical (unpaired) electrons. The number of benzene rings is 2. The number of hydrogen-bond acceptors (Lipinski definition) is 5. The van der Waals surface area contributed by atoms with Gasteiger partial charge in [0.15, 0.2) is 0 Å². The number of rotatable bonds is 5. The lowest BCUT2D eigenvalue weighted by molar-refractivity contribution is 0.0463. The molecule has 0 unspecified atom stereocenters. The lowest BCUT2D eigenvalue weighted by Crippen LogP contribution is -2.08. The topological polar surface area (TPSA) is 48.4 Å². The fraction of sp³-hybridized carbons (Fsp3) is 0.111. The van der Waals surface area contributed by atoms with Gasteiger partial charge in [0.1, 0.15) is 23.2 Å². The number of carbonyl (C=O) groups is 1. The Hall–Kier alpha value is -2.44. The van der Waals surface area contributed by atoms with Crippen LogP contribution in [0.5, 0.6) is 5.75 Å². The van der Waals surface area contributed by atoms with E-state index in [1.807, 2.05) is 18.2 Å². The van der Waals surface area contributed by atoms with Crippen LogP contribution in [0.1, 0.15) is 16.1 Å². The molecule has 0 aliphatic carbocycles. The maximum absolute atomic E-state index is 13.9. The predicted octanol–water partition coefficient (Wildman–Crippen LogP) is 4.97. The highest BCUT2D eigenvalue weighted by Gasteiger charge is 2.15. The van der Waals surface area contributed by atoms with Crippen LogP contribution in [0.3, 0.4) is 0 Å². The second-order valence-corrected chi connectivity index (χ2v) is 6.31. The third-order valence-corrected chi connectivity index (χ3v) is 4.66. The van der Waals surface area contributed by atoms with Gasteiger partial charge in [-0.15, -0.1) is 11.3 Å². The quantitative estimate of drug-likeness (QED) is 0.589. The maximum atomic E-state index is 13.9. The molecule has 0 saturated carbocycles. The molecule has 0 saturated heterocycles. The van der Waals surface area contributed by atoms with E-state index in [9.17, 15) is 9.18 Å². The van der Waals surface area contributed by atoms with E-state index in [2.05, 4.69) is 4.98 Å². The Morgan fingerprint density at radius 3 is 2.80 bits per heavy atom. The Morgan fingerprint density at radius 1 is 1.28 bits per heavy atom. The SMILES string of the molecule is COc1ccc(C(=O)OCc2csc(-c3ccccc3Cl)n2)c(F)c1. The molecule has 4 nitrogen and oxygen atoms in total. The van der Waals surface area contributed by atoms with Crippen LogP contribution in [0.2, 0.25) is 5.02 Å². The largest absolute Gasteiger partial charge is 0.497 e. The first kappa shape index (κ1) is 17.4. The van der Waals surface area contributed by atoms with Crippen molar-refractivity contribution in [3.8, 4) is 16.3 Å². The number of aromatic nitrogens is 1. The summed E-state index contributed by atoms with van der Waals surface area (Å²) in [4.78, 5) is 16.4. The van der Waals surface area contributed by atoms with E-state index >= 15 is 0 Å². The average molecular weight is 378 g/mol. The van der Waals surface area contributed by atoms with Crippen molar-refractivity contribution >= 4 is 28.9 Å². The Balaban J connectivity index is 1.68. The molecule has 0 aliphatic rings. The summed E-state index contributed by atoms with van der Waals surface area (Å²) in [7, 11) is 1.42. The van der Waals surface area contributed by atoms with Gasteiger partial charge in [-0.2, -0.15) is 0 Å². The normalized spacial score (nSPS) is 10.5. The van der Waals surface area contributed by atoms with Crippen molar-refractivity contribution in [1.29, 1.82) is 0 Å². The van der Waals surface area contributed by atoms with Crippen molar-refractivity contribution in [2.24, 2.45) is 0 Å². The monoisotopic (exact) mass is 377 g/mol. The lowest BCUT2D eigenvalue weighted by atomic mass is 10.2. The molecule has 0 fully saturated rings. The molecule has 1 heterocycles. The molecule has 3 rings (SSSR count). The number of nitrogens with zero attached hydrogens (tertiary/aromatic N) is 1. The molecule has 7 heteroatoms. The van der Waals surface area contributed by atoms with Gasteiger partial charge in [0.2, 0.25) is 0 Å². The van der Waals surface area contributed by atoms with Crippen LogP contribution in [-0.4, -0.2) is 18.1 Å². The van der Waals surface area contributed by atoms with Crippen molar-refractivity contribution in [3.05, 3.63) is 69.9 Å². The van der Waals surface area contributed by atoms with E-state index < -0.39 is 11.8 Å². The molecular weight excluding hydrogens is 365 g/mol. The van der Waals surface area contributed by atoms with Gasteiger partial charge in [-0.25, -0.2) is 14.2 Å². The second-order valence-electron chi connectivity index (χ2n) is 5.05. The van der Waals surface area contributed by atoms with E-state index in [1.165, 1.54) is 30.6 Å². The van der Waals surface area contributed by atoms with Crippen molar-refractivity contribution in [2.75, 3.05) is 7.11 Å². The second kappa shape index (κ2) is 7.63. The molecule has 0 atom stereocenters. The number of esters is 1. The molecule has 0 spiro atoms. The number of thiazole rings is 1. The van der Waals surface area contributed by atoms with Crippen LogP contribution in [0.25, 0.3) is 10.6 Å². The Bertz CT molecular complexity index is 913. The number of hydrogen-bond donors (Lipinski definition) is 0. The van der Waals surface area contributed by atoms with Gasteiger partial charge in [0.25, 0.3) is 0 Å². The summed E-state index contributed by atoms with van der Waals surface area (Å²) in [5.74, 6) is -1.12. The van der Waals surface area contributed by atoms with E-state index in [4.69, 9.17) is 21.1 Å². The number of carbonyl (C=O) groups excluding carboxylic acids is 1. The number of halogens is 2. The van der Waals surface area contributed by atoms with Gasteiger partial charge in [-0.05, 0) is 18.2 Å². The highest BCUT2D eigenvalue weighted by atomic mass is 35.5. The summed E-state index contributed by atoms with van der Waals surface area (Å²) in [6, 6.07) is 11.3. The van der Waals surface area contributed by atoms with Crippen molar-refractivity contribution < 1.29 is 18.7 Å². The molecule has 0 bridgehead atoms. The summed E-state index contributed by atoms with van der Waals surface area (Å²) in [5.41, 5.74) is 1.23. The molecule has 0 aliphatic heterocycles. The zero-order valence-electron chi connectivity index (χ0n) is 13.2. The van der Waals surface area contributed by atoms with E-state index in [0.29, 0.717) is 16.5 Å². The summed E-state index contributed by atoms with van der Waals surface area (Å²) < 4.78 is 23.9. The standard InChI is InChI=1S/C18H13ClFNO3S/c1-23-12-6-7-14(16(20)8-12)18(22)24-9-11-10-25-17(21-11)13-4-2-3-5-15(13)19/h2-8,10H,9H2,1H3. The molecule has 1 aromatic heterocycles. The minimum Gasteiger partial charge on any atom is -0.497 e. The van der Waals surface area contributed by atoms with E-state index in [0.717, 1.165) is 16.6 Å². The average Bonchev–Trinajstić information content (AvgIpc) is 3.08. The third-order valence-electron chi connectivity index (χ3n) is 3.40. The van der Waals surface area contributed by atoms with Gasteiger partial charge in [-0.1, -0.05) is 29.8 Å². The van der Waals surface area contributed by atoms with Crippen molar-refractivity contribution in [3.63, 3.8) is 0 Å². The summed E-state index contributed by atoms with van der Waals surface area (Å²) in [6.07, 6.45) is 0. The molecule has 128 valence electrons. The first-order chi connectivity index (χ1) is 12.1. The molecule has 25 heavy (non-hydrogen) atoms. The van der Waals surface area contributed by atoms with Crippen LogP contribution < -0.4 is 4.74 Å². The first-order valence-corrected chi connectivity index (χ1v) is 8.54. The summed E-state index contributed by atoms with van der Waals surface area (Å²) in [6.45, 7) is -0.0503. The smallest absolute Gasteiger partial charge is 0.341 e. The third kappa shape index (κ3) is 3.97. The minimum absolute atomic E-state index is 0.0503. The fourth-order valence-electron chi connectivity index (χ4n) is 2.14. The molecule has 0 amide bonds. The van der Waals surface area contributed by atoms with Gasteiger partial charge < -0.3 is 9.47 Å². The number of methoxy groups -OCH3 is 1. The van der Waals surface area contributed by atoms with Crippen LogP contribution >= 0.6 is 22.9 Å². The van der Waals surface area contributed by atoms with E-state index in [1.54, 1.807) is 11.4 Å². The zero-order chi connectivity index (χ0) is 17.8. The molecule has 0 N–H and O–H groups in total. The molecule has 2 aromatic carbocycles. The van der Waals surface area contributed by atoms with Gasteiger partial charge in [0, 0.05) is 17.0 Å². The Labute approximate surface area is 152 Å². The van der Waals surface area contributed by atoms with Crippen LogP contribution in [0.4, 0.5) is 4.39 Å². The van der Waals surface area contributed by atoms with Gasteiger partial charge >= 0.3 is 5.97 Å². The molecule has 3 aromatic rings. The predicted molar refractivity (Wildman–Crippen MR) is 94.6 cm³/mol. The first-order valence-electron chi connectivity index (χ1n) is 7.28. The number of ether oxygens (including phenoxy) is 2. The summed E-state index contributed by atoms with van der Waals surface area (Å²) >= 11 is 7.54. The van der Waals surface area contributed by atoms with Gasteiger partial charge in [0.05, 0.1) is 23.4 Å². The highest BCUT2D eigenvalue weighted by Crippen LogP contribution is 2.30. The van der Waals surface area contributed by atoms with Crippen LogP contribution in [0, 0.1) is 5.82 Å².